The van der Waals surface area contributed by atoms with Crippen molar-refractivity contribution in [1.29, 1.82) is 0 Å². The van der Waals surface area contributed by atoms with E-state index in [0.29, 0.717) is 0 Å². The number of piperazine rings is 1. The molecular weight excluding hydrogens is 220 g/mol. The lowest BCUT2D eigenvalue weighted by Gasteiger charge is -2.42. The van der Waals surface area contributed by atoms with Gasteiger partial charge >= 0.3 is 0 Å². The van der Waals surface area contributed by atoms with Crippen LogP contribution in [-0.2, 0) is 0 Å². The van der Waals surface area contributed by atoms with Gasteiger partial charge in [0.05, 0.1) is 0 Å². The van der Waals surface area contributed by atoms with Gasteiger partial charge in [-0.2, -0.15) is 0 Å². The van der Waals surface area contributed by atoms with Gasteiger partial charge in [0, 0.05) is 36.9 Å². The molecule has 0 radical (unpaired) electrons. The van der Waals surface area contributed by atoms with Crippen LogP contribution in [0.2, 0.25) is 0 Å². The molecule has 96 valence electrons. The second-order valence-corrected chi connectivity index (χ2v) is 6.30. The number of hydrogen-bond donors (Lipinski definition) is 0. The van der Waals surface area contributed by atoms with Gasteiger partial charge in [0.25, 0.3) is 0 Å². The highest BCUT2D eigenvalue weighted by Gasteiger charge is 2.46. The van der Waals surface area contributed by atoms with Crippen LogP contribution < -0.4 is 4.90 Å². The molecule has 18 heavy (non-hydrogen) atoms. The predicted octanol–water partition coefficient (Wildman–Crippen LogP) is 2.81. The average Bonchev–Trinajstić information content (AvgIpc) is 3.18. The first-order valence-electron chi connectivity index (χ1n) is 7.40. The van der Waals surface area contributed by atoms with Gasteiger partial charge < -0.3 is 4.90 Å². The second-order valence-electron chi connectivity index (χ2n) is 6.30. The van der Waals surface area contributed by atoms with Crippen LogP contribution in [0.4, 0.5) is 5.69 Å². The summed E-state index contributed by atoms with van der Waals surface area (Å²) in [6.45, 7) is 4.66. The van der Waals surface area contributed by atoms with Gasteiger partial charge in [-0.25, -0.2) is 0 Å². The fraction of sp³-hybridized carbons (Fsp3) is 0.625. The molecule has 3 fully saturated rings. The number of nitrogens with zero attached hydrogens (tertiary/aromatic N) is 2. The molecule has 1 aromatic carbocycles. The summed E-state index contributed by atoms with van der Waals surface area (Å²) in [5.74, 6) is 0. The second kappa shape index (κ2) is 3.99. The zero-order valence-corrected chi connectivity index (χ0v) is 11.2. The van der Waals surface area contributed by atoms with E-state index in [9.17, 15) is 0 Å². The molecule has 0 amide bonds. The molecule has 2 bridgehead atoms. The minimum Gasteiger partial charge on any atom is -0.368 e. The molecule has 2 heterocycles. The Bertz CT molecular complexity index is 421. The van der Waals surface area contributed by atoms with Crippen molar-refractivity contribution in [2.75, 3.05) is 18.0 Å². The average molecular weight is 242 g/mol. The maximum Gasteiger partial charge on any atom is 0.0367 e. The van der Waals surface area contributed by atoms with Crippen molar-refractivity contribution in [2.45, 2.75) is 50.7 Å². The third-order valence-electron chi connectivity index (χ3n) is 4.91. The molecule has 1 aromatic rings. The molecule has 2 unspecified atom stereocenters. The number of fused-ring (bicyclic) bond motifs is 2. The fourth-order valence-electron chi connectivity index (χ4n) is 3.87. The molecule has 2 saturated heterocycles. The van der Waals surface area contributed by atoms with Gasteiger partial charge in [-0.3, -0.25) is 4.90 Å². The number of aryl methyl sites for hydroxylation is 1. The quantitative estimate of drug-likeness (QED) is 0.787. The van der Waals surface area contributed by atoms with E-state index in [4.69, 9.17) is 0 Å². The summed E-state index contributed by atoms with van der Waals surface area (Å²) in [7, 11) is 0. The van der Waals surface area contributed by atoms with Crippen molar-refractivity contribution in [3.63, 3.8) is 0 Å². The molecule has 0 N–H and O–H groups in total. The molecule has 0 aromatic heterocycles. The van der Waals surface area contributed by atoms with Crippen molar-refractivity contribution in [3.8, 4) is 0 Å². The summed E-state index contributed by atoms with van der Waals surface area (Å²) in [6, 6.07) is 11.7. The minimum absolute atomic E-state index is 0.831. The lowest BCUT2D eigenvalue weighted by molar-refractivity contribution is 0.159. The third-order valence-corrected chi connectivity index (χ3v) is 4.91. The van der Waals surface area contributed by atoms with Crippen molar-refractivity contribution >= 4 is 5.69 Å². The van der Waals surface area contributed by atoms with E-state index in [-0.39, 0.29) is 0 Å². The van der Waals surface area contributed by atoms with Gasteiger partial charge in [-0.05, 0) is 44.7 Å². The van der Waals surface area contributed by atoms with Crippen molar-refractivity contribution in [2.24, 2.45) is 0 Å². The zero-order chi connectivity index (χ0) is 12.1. The van der Waals surface area contributed by atoms with Crippen molar-refractivity contribution in [3.05, 3.63) is 29.8 Å². The van der Waals surface area contributed by atoms with E-state index in [1.807, 2.05) is 0 Å². The summed E-state index contributed by atoms with van der Waals surface area (Å²) >= 11 is 0. The highest BCUT2D eigenvalue weighted by molar-refractivity contribution is 5.48. The van der Waals surface area contributed by atoms with E-state index in [1.165, 1.54) is 50.0 Å². The topological polar surface area (TPSA) is 6.48 Å². The van der Waals surface area contributed by atoms with E-state index in [0.717, 1.165) is 18.1 Å². The van der Waals surface area contributed by atoms with E-state index in [1.54, 1.807) is 0 Å². The van der Waals surface area contributed by atoms with Gasteiger partial charge in [0.2, 0.25) is 0 Å². The van der Waals surface area contributed by atoms with Gasteiger partial charge in [0.15, 0.2) is 0 Å². The van der Waals surface area contributed by atoms with Crippen LogP contribution in [0.25, 0.3) is 0 Å². The lowest BCUT2D eigenvalue weighted by Crippen LogP contribution is -2.54. The van der Waals surface area contributed by atoms with Crippen molar-refractivity contribution < 1.29 is 0 Å². The Hall–Kier alpha value is -1.02. The lowest BCUT2D eigenvalue weighted by atomic mass is 10.1. The predicted molar refractivity (Wildman–Crippen MR) is 75.1 cm³/mol. The molecule has 4 rings (SSSR count). The molecule has 2 atom stereocenters. The highest BCUT2D eigenvalue weighted by atomic mass is 15.3. The summed E-state index contributed by atoms with van der Waals surface area (Å²) in [6.07, 6.45) is 5.75. The zero-order valence-electron chi connectivity index (χ0n) is 11.2. The van der Waals surface area contributed by atoms with Crippen LogP contribution in [0.15, 0.2) is 24.3 Å². The maximum atomic E-state index is 2.85. The SMILES string of the molecule is Cc1ccc(N2CC3CCC(C2)N3C2CC2)cc1. The number of benzene rings is 1. The Morgan fingerprint density at radius 2 is 1.39 bits per heavy atom. The van der Waals surface area contributed by atoms with Gasteiger partial charge in [0.1, 0.15) is 0 Å². The molecule has 1 aliphatic carbocycles. The Labute approximate surface area is 110 Å². The van der Waals surface area contributed by atoms with Crippen LogP contribution in [0, 0.1) is 6.92 Å². The summed E-state index contributed by atoms with van der Waals surface area (Å²) < 4.78 is 0. The fourth-order valence-corrected chi connectivity index (χ4v) is 3.87. The number of rotatable bonds is 2. The largest absolute Gasteiger partial charge is 0.368 e. The monoisotopic (exact) mass is 242 g/mol. The minimum atomic E-state index is 0.831. The number of anilines is 1. The standard InChI is InChI=1S/C16H22N2/c1-12-2-4-13(5-3-12)17-10-15-8-9-16(11-17)18(15)14-6-7-14/h2-5,14-16H,6-11H2,1H3. The molecule has 1 saturated carbocycles. The Morgan fingerprint density at radius 1 is 0.833 bits per heavy atom. The van der Waals surface area contributed by atoms with Crippen LogP contribution >= 0.6 is 0 Å². The van der Waals surface area contributed by atoms with Gasteiger partial charge in [-0.1, -0.05) is 17.7 Å². The highest BCUT2D eigenvalue weighted by Crippen LogP contribution is 2.40. The molecule has 2 heteroatoms. The Morgan fingerprint density at radius 3 is 1.94 bits per heavy atom. The summed E-state index contributed by atoms with van der Waals surface area (Å²) in [5, 5.41) is 0. The van der Waals surface area contributed by atoms with E-state index >= 15 is 0 Å². The normalized spacial score (nSPS) is 31.9. The molecule has 2 aliphatic heterocycles. The first-order chi connectivity index (χ1) is 8.81. The first kappa shape index (κ1) is 10.9. The summed E-state index contributed by atoms with van der Waals surface area (Å²) in [5.41, 5.74) is 2.78. The van der Waals surface area contributed by atoms with Crippen molar-refractivity contribution in [1.82, 2.24) is 4.90 Å². The Balaban J connectivity index is 1.54. The molecule has 2 nitrogen and oxygen atoms in total. The maximum absolute atomic E-state index is 2.85. The summed E-state index contributed by atoms with van der Waals surface area (Å²) in [4.78, 5) is 5.46. The first-order valence-corrected chi connectivity index (χ1v) is 7.40. The van der Waals surface area contributed by atoms with E-state index < -0.39 is 0 Å². The van der Waals surface area contributed by atoms with Crippen LogP contribution in [0.1, 0.15) is 31.2 Å². The van der Waals surface area contributed by atoms with E-state index in [2.05, 4.69) is 41.0 Å². The molecular formula is C16H22N2. The third kappa shape index (κ3) is 1.74. The van der Waals surface area contributed by atoms with Crippen LogP contribution in [0.5, 0.6) is 0 Å². The van der Waals surface area contributed by atoms with Gasteiger partial charge in [-0.15, -0.1) is 0 Å². The number of hydrogen-bond acceptors (Lipinski definition) is 2. The van der Waals surface area contributed by atoms with Crippen LogP contribution in [0.3, 0.4) is 0 Å². The van der Waals surface area contributed by atoms with Crippen LogP contribution in [-0.4, -0.2) is 36.1 Å². The smallest absolute Gasteiger partial charge is 0.0367 e. The molecule has 3 aliphatic rings. The Kier molecular flexibility index (Phi) is 2.41. The molecule has 0 spiro atoms.